The predicted octanol–water partition coefficient (Wildman–Crippen LogP) is 8.13. The van der Waals surface area contributed by atoms with E-state index in [1.165, 1.54) is 11.1 Å². The summed E-state index contributed by atoms with van der Waals surface area (Å²) in [5.41, 5.74) is 7.25. The second-order valence-corrected chi connectivity index (χ2v) is 11.8. The normalized spacial score (nSPS) is 11.2. The number of carboxylic acids is 1. The molecule has 0 amide bonds. The first-order valence-corrected chi connectivity index (χ1v) is 15.5. The zero-order valence-electron chi connectivity index (χ0n) is 23.0. The molecule has 6 nitrogen and oxygen atoms in total. The lowest BCUT2D eigenvalue weighted by Crippen LogP contribution is -2.04. The Bertz CT molecular complexity index is 1840. The highest BCUT2D eigenvalue weighted by Crippen LogP contribution is 2.35. The number of hydrogen-bond acceptors (Lipinski definition) is 6. The highest BCUT2D eigenvalue weighted by atomic mass is 32.2. The highest BCUT2D eigenvalue weighted by molar-refractivity contribution is 7.99. The van der Waals surface area contributed by atoms with Gasteiger partial charge in [-0.15, -0.1) is 10.2 Å². The molecule has 42 heavy (non-hydrogen) atoms. The maximum atomic E-state index is 11.7. The molecule has 0 radical (unpaired) electrons. The van der Waals surface area contributed by atoms with Gasteiger partial charge in [-0.25, -0.2) is 9.78 Å². The number of thioether (sulfide) groups is 2. The van der Waals surface area contributed by atoms with Gasteiger partial charge in [0, 0.05) is 18.1 Å². The largest absolute Gasteiger partial charge is 0.478 e. The Morgan fingerprint density at radius 1 is 0.714 bits per heavy atom. The smallest absolute Gasteiger partial charge is 0.336 e. The van der Waals surface area contributed by atoms with Gasteiger partial charge in [-0.1, -0.05) is 127 Å². The molecule has 0 saturated heterocycles. The van der Waals surface area contributed by atoms with Crippen LogP contribution >= 0.6 is 23.5 Å². The first kappa shape index (κ1) is 27.8. The van der Waals surface area contributed by atoms with Crippen molar-refractivity contribution in [3.05, 3.63) is 137 Å². The number of carbonyl (C=O) groups is 1. The highest BCUT2D eigenvalue weighted by Gasteiger charge is 2.20. The van der Waals surface area contributed by atoms with Crippen LogP contribution in [0.2, 0.25) is 0 Å². The number of hydrogen-bond donors (Lipinski definition) is 1. The average molecular weight is 589 g/mol. The van der Waals surface area contributed by atoms with Crippen molar-refractivity contribution in [2.45, 2.75) is 35.0 Å². The summed E-state index contributed by atoms with van der Waals surface area (Å²) in [7, 11) is 0. The van der Waals surface area contributed by atoms with E-state index in [-0.39, 0.29) is 0 Å². The van der Waals surface area contributed by atoms with Crippen molar-refractivity contribution in [2.24, 2.45) is 0 Å². The number of carboxylic acid groups (broad SMARTS) is 1. The third-order valence-electron chi connectivity index (χ3n) is 7.00. The van der Waals surface area contributed by atoms with Gasteiger partial charge in [0.1, 0.15) is 26.9 Å². The molecule has 0 aliphatic rings. The molecule has 0 unspecified atom stereocenters. The van der Waals surface area contributed by atoms with Gasteiger partial charge in [0.25, 0.3) is 0 Å². The maximum Gasteiger partial charge on any atom is 0.336 e. The second-order valence-electron chi connectivity index (χ2n) is 9.85. The van der Waals surface area contributed by atoms with Crippen LogP contribution in [0.1, 0.15) is 32.9 Å². The van der Waals surface area contributed by atoms with Gasteiger partial charge in [0.05, 0.1) is 5.56 Å². The van der Waals surface area contributed by atoms with Crippen LogP contribution in [0.15, 0.2) is 119 Å². The molecule has 0 aliphatic carbocycles. The van der Waals surface area contributed by atoms with Crippen LogP contribution < -0.4 is 0 Å². The summed E-state index contributed by atoms with van der Waals surface area (Å²) < 4.78 is 2.21. The summed E-state index contributed by atoms with van der Waals surface area (Å²) >= 11 is 3.32. The van der Waals surface area contributed by atoms with Crippen molar-refractivity contribution in [2.75, 3.05) is 0 Å². The lowest BCUT2D eigenvalue weighted by atomic mass is 9.99. The van der Waals surface area contributed by atoms with Crippen molar-refractivity contribution in [1.29, 1.82) is 0 Å². The summed E-state index contributed by atoms with van der Waals surface area (Å²) in [6, 6.07) is 35.9. The minimum Gasteiger partial charge on any atom is -0.478 e. The third kappa shape index (κ3) is 6.10. The number of imidazole rings is 1. The van der Waals surface area contributed by atoms with E-state index >= 15 is 0 Å². The number of rotatable bonds is 10. The van der Waals surface area contributed by atoms with Crippen LogP contribution in [-0.4, -0.2) is 30.8 Å². The van der Waals surface area contributed by atoms with E-state index in [1.54, 1.807) is 35.7 Å². The summed E-state index contributed by atoms with van der Waals surface area (Å²) in [4.78, 5) is 16.7. The van der Waals surface area contributed by atoms with Crippen molar-refractivity contribution < 1.29 is 9.90 Å². The summed E-state index contributed by atoms with van der Waals surface area (Å²) in [6.45, 7) is 2.63. The number of nitrogens with zero attached hydrogens (tertiary/aromatic N) is 4. The monoisotopic (exact) mass is 588 g/mol. The van der Waals surface area contributed by atoms with Gasteiger partial charge in [-0.3, -0.25) is 0 Å². The van der Waals surface area contributed by atoms with Gasteiger partial charge in [0.15, 0.2) is 0 Å². The van der Waals surface area contributed by atoms with Gasteiger partial charge in [-0.05, 0) is 40.8 Å². The number of aromatic nitrogens is 4. The molecule has 2 aromatic heterocycles. The van der Waals surface area contributed by atoms with E-state index in [0.717, 1.165) is 49.5 Å². The molecular weight excluding hydrogens is 561 g/mol. The van der Waals surface area contributed by atoms with Crippen molar-refractivity contribution in [3.8, 4) is 11.1 Å². The molecule has 6 rings (SSSR count). The average Bonchev–Trinajstić information content (AvgIpc) is 3.36. The Hall–Kier alpha value is -4.40. The zero-order chi connectivity index (χ0) is 28.9. The molecule has 0 spiro atoms. The Morgan fingerprint density at radius 3 is 1.93 bits per heavy atom. The number of benzene rings is 4. The minimum atomic E-state index is -0.933. The quantitative estimate of drug-likeness (QED) is 0.162. The van der Waals surface area contributed by atoms with Gasteiger partial charge in [0.2, 0.25) is 0 Å². The summed E-state index contributed by atoms with van der Waals surface area (Å²) in [5.74, 6) is 1.52. The summed E-state index contributed by atoms with van der Waals surface area (Å²) in [5, 5.41) is 20.6. The Balaban J connectivity index is 1.34. The topological polar surface area (TPSA) is 80.9 Å². The van der Waals surface area contributed by atoms with Crippen LogP contribution in [0.3, 0.4) is 0 Å². The SMILES string of the molecule is Cc1nc2c(SCc3ccccc3)nnc(SCc3ccccc3)c2n1Cc1ccc(-c2ccccc2C(=O)O)cc1. The van der Waals surface area contributed by atoms with E-state index in [2.05, 4.69) is 46.1 Å². The molecule has 2 heterocycles. The Kier molecular flexibility index (Phi) is 8.35. The van der Waals surface area contributed by atoms with Crippen molar-refractivity contribution in [3.63, 3.8) is 0 Å². The van der Waals surface area contributed by atoms with Gasteiger partial charge < -0.3 is 9.67 Å². The lowest BCUT2D eigenvalue weighted by molar-refractivity contribution is 0.0697. The molecule has 0 bridgehead atoms. The first-order valence-electron chi connectivity index (χ1n) is 13.6. The van der Waals surface area contributed by atoms with E-state index in [9.17, 15) is 9.90 Å². The molecule has 0 aliphatic heterocycles. The van der Waals surface area contributed by atoms with Gasteiger partial charge in [-0.2, -0.15) is 0 Å². The van der Waals surface area contributed by atoms with Crippen LogP contribution in [0.25, 0.3) is 22.2 Å². The molecule has 4 aromatic carbocycles. The predicted molar refractivity (Wildman–Crippen MR) is 170 cm³/mol. The number of aromatic carboxylic acids is 1. The molecular formula is C34H28N4O2S2. The van der Waals surface area contributed by atoms with Crippen LogP contribution in [0, 0.1) is 6.92 Å². The molecule has 6 aromatic rings. The van der Waals surface area contributed by atoms with Crippen molar-refractivity contribution in [1.82, 2.24) is 19.7 Å². The lowest BCUT2D eigenvalue weighted by Gasteiger charge is -2.12. The zero-order valence-corrected chi connectivity index (χ0v) is 24.6. The Morgan fingerprint density at radius 2 is 1.29 bits per heavy atom. The Labute approximate surface area is 252 Å². The van der Waals surface area contributed by atoms with E-state index in [0.29, 0.717) is 17.7 Å². The maximum absolute atomic E-state index is 11.7. The molecule has 208 valence electrons. The standard InChI is InChI=1S/C34H28N4O2S2/c1-23-35-30-31(38(23)20-24-16-18-27(19-17-24)28-14-8-9-15-29(28)34(39)40)33(42-22-26-12-6-3-7-13-26)37-36-32(30)41-21-25-10-4-2-5-11-25/h2-19H,20-22H2,1H3,(H,39,40). The summed E-state index contributed by atoms with van der Waals surface area (Å²) in [6.07, 6.45) is 0. The van der Waals surface area contributed by atoms with E-state index < -0.39 is 5.97 Å². The minimum absolute atomic E-state index is 0.292. The molecule has 1 N–H and O–H groups in total. The fraction of sp³-hybridized carbons (Fsp3) is 0.118. The van der Waals surface area contributed by atoms with Gasteiger partial charge >= 0.3 is 5.97 Å². The van der Waals surface area contributed by atoms with Crippen LogP contribution in [0.5, 0.6) is 0 Å². The molecule has 8 heteroatoms. The molecule has 0 saturated carbocycles. The van der Waals surface area contributed by atoms with Crippen molar-refractivity contribution >= 4 is 40.5 Å². The molecule has 0 fully saturated rings. The fourth-order valence-electron chi connectivity index (χ4n) is 4.85. The number of aryl methyl sites for hydroxylation is 1. The second kappa shape index (κ2) is 12.6. The van der Waals surface area contributed by atoms with E-state index in [1.807, 2.05) is 67.6 Å². The van der Waals surface area contributed by atoms with Crippen LogP contribution in [0.4, 0.5) is 0 Å². The fourth-order valence-corrected chi connectivity index (χ4v) is 6.66. The van der Waals surface area contributed by atoms with Crippen LogP contribution in [-0.2, 0) is 18.1 Å². The first-order chi connectivity index (χ1) is 20.6. The van der Waals surface area contributed by atoms with E-state index in [4.69, 9.17) is 10.1 Å². The molecule has 0 atom stereocenters. The third-order valence-corrected chi connectivity index (χ3v) is 9.05. The number of fused-ring (bicyclic) bond motifs is 1.